The summed E-state index contributed by atoms with van der Waals surface area (Å²) in [6.45, 7) is 1.88. The average molecular weight is 356 g/mol. The van der Waals surface area contributed by atoms with Crippen LogP contribution in [0.25, 0.3) is 11.5 Å². The minimum absolute atomic E-state index is 0.0775. The molecule has 0 fully saturated rings. The average Bonchev–Trinajstić information content (AvgIpc) is 3.11. The van der Waals surface area contributed by atoms with Crippen LogP contribution in [0.15, 0.2) is 58.2 Å². The van der Waals surface area contributed by atoms with Crippen molar-refractivity contribution in [2.45, 2.75) is 12.1 Å². The summed E-state index contributed by atoms with van der Waals surface area (Å²) in [7, 11) is 1.59. The lowest BCUT2D eigenvalue weighted by molar-refractivity contribution is -0.131. The minimum atomic E-state index is -0.375. The van der Waals surface area contributed by atoms with Gasteiger partial charge in [0.15, 0.2) is 0 Å². The third kappa shape index (κ3) is 4.39. The third-order valence-electron chi connectivity index (χ3n) is 3.35. The van der Waals surface area contributed by atoms with Crippen molar-refractivity contribution in [3.8, 4) is 23.0 Å². The smallest absolute Gasteiger partial charge is 0.321 e. The number of ether oxygens (including phenoxy) is 2. The first-order valence-corrected chi connectivity index (χ1v) is 8.51. The number of rotatable bonds is 6. The van der Waals surface area contributed by atoms with Crippen LogP contribution in [0, 0.1) is 6.92 Å². The Bertz CT molecular complexity index is 879. The summed E-state index contributed by atoms with van der Waals surface area (Å²) in [5, 5.41) is 8.24. The van der Waals surface area contributed by atoms with Gasteiger partial charge in [0, 0.05) is 5.56 Å². The molecule has 1 heterocycles. The van der Waals surface area contributed by atoms with Gasteiger partial charge in [-0.15, -0.1) is 10.2 Å². The molecule has 3 aromatic rings. The first-order valence-electron chi connectivity index (χ1n) is 7.53. The first kappa shape index (κ1) is 17.0. The van der Waals surface area contributed by atoms with E-state index in [9.17, 15) is 4.79 Å². The van der Waals surface area contributed by atoms with Crippen LogP contribution in [0.4, 0.5) is 0 Å². The molecule has 1 aromatic heterocycles. The molecule has 0 radical (unpaired) electrons. The number of thioether (sulfide) groups is 1. The second kappa shape index (κ2) is 7.85. The largest absolute Gasteiger partial charge is 0.497 e. The number of aromatic nitrogens is 2. The minimum Gasteiger partial charge on any atom is -0.497 e. The quantitative estimate of drug-likeness (QED) is 0.378. The lowest BCUT2D eigenvalue weighted by Gasteiger charge is -2.05. The van der Waals surface area contributed by atoms with Crippen molar-refractivity contribution in [3.05, 3.63) is 54.1 Å². The maximum atomic E-state index is 11.9. The van der Waals surface area contributed by atoms with E-state index in [2.05, 4.69) is 10.2 Å². The molecule has 0 saturated heterocycles. The van der Waals surface area contributed by atoms with Crippen LogP contribution in [0.3, 0.4) is 0 Å². The van der Waals surface area contributed by atoms with Gasteiger partial charge in [0.25, 0.3) is 5.22 Å². The van der Waals surface area contributed by atoms with E-state index in [1.165, 1.54) is 0 Å². The standard InChI is InChI=1S/C18H16N2O4S/c1-12-6-3-4-9-15(12)23-16(21)11-25-18-20-19-17(24-18)13-7-5-8-14(10-13)22-2/h3-10H,11H2,1-2H3. The molecule has 25 heavy (non-hydrogen) atoms. The number of carbonyl (C=O) groups is 1. The van der Waals surface area contributed by atoms with Crippen molar-refractivity contribution in [2.24, 2.45) is 0 Å². The number of hydrogen-bond donors (Lipinski definition) is 0. The summed E-state index contributed by atoms with van der Waals surface area (Å²) >= 11 is 1.13. The predicted molar refractivity (Wildman–Crippen MR) is 93.8 cm³/mol. The Morgan fingerprint density at radius 1 is 1.16 bits per heavy atom. The number of hydrogen-bond acceptors (Lipinski definition) is 7. The molecule has 0 spiro atoms. The molecule has 128 valence electrons. The molecule has 0 aliphatic rings. The molecule has 7 heteroatoms. The molecular weight excluding hydrogens is 340 g/mol. The normalized spacial score (nSPS) is 10.5. The van der Waals surface area contributed by atoms with Crippen molar-refractivity contribution < 1.29 is 18.7 Å². The second-order valence-electron chi connectivity index (χ2n) is 5.13. The number of methoxy groups -OCH3 is 1. The van der Waals surface area contributed by atoms with Crippen LogP contribution in [0.2, 0.25) is 0 Å². The topological polar surface area (TPSA) is 74.5 Å². The van der Waals surface area contributed by atoms with Crippen LogP contribution >= 0.6 is 11.8 Å². The van der Waals surface area contributed by atoms with E-state index in [0.717, 1.165) is 22.9 Å². The molecule has 0 unspecified atom stereocenters. The molecule has 0 atom stereocenters. The molecule has 0 amide bonds. The number of benzene rings is 2. The third-order valence-corrected chi connectivity index (χ3v) is 4.15. The molecular formula is C18H16N2O4S. The zero-order valence-corrected chi connectivity index (χ0v) is 14.6. The van der Waals surface area contributed by atoms with E-state index >= 15 is 0 Å². The Labute approximate surface area is 149 Å². The van der Waals surface area contributed by atoms with Crippen molar-refractivity contribution in [1.82, 2.24) is 10.2 Å². The van der Waals surface area contributed by atoms with Gasteiger partial charge in [-0.2, -0.15) is 0 Å². The number of nitrogens with zero attached hydrogens (tertiary/aromatic N) is 2. The van der Waals surface area contributed by atoms with Crippen LogP contribution in [-0.4, -0.2) is 29.0 Å². The van der Waals surface area contributed by atoms with Gasteiger partial charge in [0.05, 0.1) is 7.11 Å². The van der Waals surface area contributed by atoms with Gasteiger partial charge in [0.2, 0.25) is 5.89 Å². The fourth-order valence-electron chi connectivity index (χ4n) is 2.08. The van der Waals surface area contributed by atoms with Gasteiger partial charge in [-0.05, 0) is 36.8 Å². The molecule has 0 saturated carbocycles. The van der Waals surface area contributed by atoms with Gasteiger partial charge in [0.1, 0.15) is 17.3 Å². The number of carbonyl (C=O) groups excluding carboxylic acids is 1. The fraction of sp³-hybridized carbons (Fsp3) is 0.167. The summed E-state index contributed by atoms with van der Waals surface area (Å²) in [5.74, 6) is 1.32. The predicted octanol–water partition coefficient (Wildman–Crippen LogP) is 3.75. The van der Waals surface area contributed by atoms with Crippen molar-refractivity contribution >= 4 is 17.7 Å². The van der Waals surface area contributed by atoms with Crippen molar-refractivity contribution in [1.29, 1.82) is 0 Å². The Morgan fingerprint density at radius 2 is 2.00 bits per heavy atom. The first-order chi connectivity index (χ1) is 12.2. The van der Waals surface area contributed by atoms with E-state index in [-0.39, 0.29) is 11.7 Å². The highest BCUT2D eigenvalue weighted by atomic mass is 32.2. The SMILES string of the molecule is COc1cccc(-c2nnc(SCC(=O)Oc3ccccc3C)o2)c1. The highest BCUT2D eigenvalue weighted by Gasteiger charge is 2.13. The lowest BCUT2D eigenvalue weighted by Crippen LogP contribution is -2.11. The lowest BCUT2D eigenvalue weighted by atomic mass is 10.2. The number of esters is 1. The molecule has 6 nitrogen and oxygen atoms in total. The van der Waals surface area contributed by atoms with Gasteiger partial charge < -0.3 is 13.9 Å². The highest BCUT2D eigenvalue weighted by molar-refractivity contribution is 7.99. The summed E-state index contributed by atoms with van der Waals surface area (Å²) in [6.07, 6.45) is 0. The van der Waals surface area contributed by atoms with Gasteiger partial charge in [-0.3, -0.25) is 4.79 Å². The molecule has 0 bridgehead atoms. The number of para-hydroxylation sites is 1. The number of aryl methyl sites for hydroxylation is 1. The van der Waals surface area contributed by atoms with Crippen LogP contribution in [0.5, 0.6) is 11.5 Å². The Balaban J connectivity index is 1.60. The Hall–Kier alpha value is -2.80. The van der Waals surface area contributed by atoms with E-state index < -0.39 is 0 Å². The summed E-state index contributed by atoms with van der Waals surface area (Å²) < 4.78 is 16.1. The molecule has 0 aliphatic carbocycles. The zero-order valence-electron chi connectivity index (χ0n) is 13.8. The van der Waals surface area contributed by atoms with Crippen LogP contribution in [0.1, 0.15) is 5.56 Å². The molecule has 0 N–H and O–H groups in total. The summed E-state index contributed by atoms with van der Waals surface area (Å²) in [5.41, 5.74) is 1.65. The van der Waals surface area contributed by atoms with Crippen molar-refractivity contribution in [3.63, 3.8) is 0 Å². The van der Waals surface area contributed by atoms with Crippen molar-refractivity contribution in [2.75, 3.05) is 12.9 Å². The van der Waals surface area contributed by atoms with E-state index in [0.29, 0.717) is 22.6 Å². The monoisotopic (exact) mass is 356 g/mol. The summed E-state index contributed by atoms with van der Waals surface area (Å²) in [6, 6.07) is 14.7. The van der Waals surface area contributed by atoms with Gasteiger partial charge in [-0.25, -0.2) is 0 Å². The summed E-state index contributed by atoms with van der Waals surface area (Å²) in [4.78, 5) is 11.9. The molecule has 0 aliphatic heterocycles. The molecule has 3 rings (SSSR count). The molecule has 2 aromatic carbocycles. The van der Waals surface area contributed by atoms with E-state index in [1.54, 1.807) is 19.2 Å². The second-order valence-corrected chi connectivity index (χ2v) is 6.06. The van der Waals surface area contributed by atoms with Crippen LogP contribution < -0.4 is 9.47 Å². The van der Waals surface area contributed by atoms with Gasteiger partial charge in [-0.1, -0.05) is 36.0 Å². The van der Waals surface area contributed by atoms with Gasteiger partial charge >= 0.3 is 5.97 Å². The van der Waals surface area contributed by atoms with Crippen LogP contribution in [-0.2, 0) is 4.79 Å². The zero-order chi connectivity index (χ0) is 17.6. The maximum Gasteiger partial charge on any atom is 0.321 e. The fourth-order valence-corrected chi connectivity index (χ4v) is 2.62. The van der Waals surface area contributed by atoms with E-state index in [4.69, 9.17) is 13.9 Å². The highest BCUT2D eigenvalue weighted by Crippen LogP contribution is 2.26. The Kier molecular flexibility index (Phi) is 5.35. The van der Waals surface area contributed by atoms with E-state index in [1.807, 2.05) is 43.3 Å². The maximum absolute atomic E-state index is 11.9. The Morgan fingerprint density at radius 3 is 2.80 bits per heavy atom.